The quantitative estimate of drug-likeness (QED) is 0.829. The lowest BCUT2D eigenvalue weighted by molar-refractivity contribution is -0.286. The number of alkyl halides is 2. The number of fused-ring (bicyclic) bond motifs is 1. The second-order valence-corrected chi connectivity index (χ2v) is 8.25. The van der Waals surface area contributed by atoms with Crippen LogP contribution < -0.4 is 14.8 Å². The molecule has 2 amide bonds. The van der Waals surface area contributed by atoms with Crippen LogP contribution in [-0.4, -0.2) is 53.3 Å². The number of likely N-dealkylation sites (tertiary alicyclic amines) is 2. The number of pyridine rings is 1. The highest BCUT2D eigenvalue weighted by molar-refractivity contribution is 5.89. The smallest absolute Gasteiger partial charge is 0.395 e. The Labute approximate surface area is 172 Å². The number of piperidine rings is 1. The van der Waals surface area contributed by atoms with E-state index in [1.54, 1.807) is 30.6 Å². The van der Waals surface area contributed by atoms with Gasteiger partial charge in [-0.25, -0.2) is 4.79 Å². The first-order valence-corrected chi connectivity index (χ1v) is 9.97. The number of nitrogens with zero attached hydrogens (tertiary/aromatic N) is 3. The fourth-order valence-electron chi connectivity index (χ4n) is 4.40. The number of aromatic nitrogens is 1. The number of halogens is 2. The first kappa shape index (κ1) is 19.0. The van der Waals surface area contributed by atoms with Crippen molar-refractivity contribution in [1.82, 2.24) is 14.8 Å². The van der Waals surface area contributed by atoms with Crippen LogP contribution in [0, 0.1) is 5.41 Å². The molecule has 2 fully saturated rings. The molecule has 0 unspecified atom stereocenters. The molecule has 0 bridgehead atoms. The number of benzene rings is 1. The van der Waals surface area contributed by atoms with Crippen LogP contribution >= 0.6 is 0 Å². The standard InChI is InChI=1S/C21H22F2N4O3/c22-21(23)29-17-4-3-15(10-18(17)30-21)12-26-8-5-20(6-9-26)13-27(14-20)19(28)25-16-2-1-7-24-11-16/h1-4,7,10-11H,5-6,8-9,12-14H2,(H,25,28). The van der Waals surface area contributed by atoms with Crippen molar-refractivity contribution in [3.63, 3.8) is 0 Å². The lowest BCUT2D eigenvalue weighted by Gasteiger charge is -2.53. The van der Waals surface area contributed by atoms with E-state index in [2.05, 4.69) is 24.7 Å². The molecule has 30 heavy (non-hydrogen) atoms. The molecular weight excluding hydrogens is 394 g/mol. The summed E-state index contributed by atoms with van der Waals surface area (Å²) in [4.78, 5) is 20.5. The maximum Gasteiger partial charge on any atom is 0.586 e. The van der Waals surface area contributed by atoms with Gasteiger partial charge in [0.05, 0.1) is 11.9 Å². The zero-order valence-electron chi connectivity index (χ0n) is 16.3. The second-order valence-electron chi connectivity index (χ2n) is 8.25. The largest absolute Gasteiger partial charge is 0.586 e. The Morgan fingerprint density at radius 1 is 1.13 bits per heavy atom. The zero-order valence-corrected chi connectivity index (χ0v) is 16.3. The Morgan fingerprint density at radius 2 is 1.90 bits per heavy atom. The SMILES string of the molecule is O=C(Nc1cccnc1)N1CC2(CCN(Cc3ccc4c(c3)OC(F)(F)O4)CC2)C1. The van der Waals surface area contributed by atoms with Gasteiger partial charge < -0.3 is 19.7 Å². The molecule has 4 heterocycles. The maximum absolute atomic E-state index is 13.2. The van der Waals surface area contributed by atoms with Gasteiger partial charge in [0.25, 0.3) is 0 Å². The number of carbonyl (C=O) groups is 1. The van der Waals surface area contributed by atoms with E-state index in [1.165, 1.54) is 6.07 Å². The van der Waals surface area contributed by atoms with Gasteiger partial charge in [0, 0.05) is 31.2 Å². The van der Waals surface area contributed by atoms with Gasteiger partial charge in [-0.3, -0.25) is 9.88 Å². The highest BCUT2D eigenvalue weighted by Crippen LogP contribution is 2.43. The molecule has 0 saturated carbocycles. The normalized spacial score (nSPS) is 21.3. The maximum atomic E-state index is 13.2. The molecule has 158 valence electrons. The van der Waals surface area contributed by atoms with Gasteiger partial charge in [-0.2, -0.15) is 0 Å². The van der Waals surface area contributed by atoms with Crippen LogP contribution in [0.4, 0.5) is 19.3 Å². The van der Waals surface area contributed by atoms with Gasteiger partial charge in [0.15, 0.2) is 11.5 Å². The number of urea groups is 1. The molecule has 5 rings (SSSR count). The summed E-state index contributed by atoms with van der Waals surface area (Å²) in [6.07, 6.45) is 1.72. The van der Waals surface area contributed by atoms with Crippen molar-refractivity contribution in [1.29, 1.82) is 0 Å². The Bertz CT molecular complexity index is 941. The summed E-state index contributed by atoms with van der Waals surface area (Å²) < 4.78 is 35.3. The number of hydrogen-bond donors (Lipinski definition) is 1. The molecule has 0 aliphatic carbocycles. The number of rotatable bonds is 3. The summed E-state index contributed by atoms with van der Waals surface area (Å²) in [5, 5.41) is 2.87. The number of nitrogens with one attached hydrogen (secondary N) is 1. The molecule has 1 spiro atoms. The van der Waals surface area contributed by atoms with Crippen LogP contribution in [0.3, 0.4) is 0 Å². The Hall–Kier alpha value is -2.94. The third-order valence-electron chi connectivity index (χ3n) is 6.04. The van der Waals surface area contributed by atoms with E-state index in [0.717, 1.165) is 44.6 Å². The summed E-state index contributed by atoms with van der Waals surface area (Å²) >= 11 is 0. The van der Waals surface area contributed by atoms with Gasteiger partial charge in [-0.1, -0.05) is 6.07 Å². The molecule has 3 aliphatic rings. The molecule has 2 aromatic rings. The topological polar surface area (TPSA) is 66.9 Å². The fourth-order valence-corrected chi connectivity index (χ4v) is 4.40. The van der Waals surface area contributed by atoms with Gasteiger partial charge in [-0.05, 0) is 55.8 Å². The van der Waals surface area contributed by atoms with Crippen LogP contribution in [0.1, 0.15) is 18.4 Å². The van der Waals surface area contributed by atoms with Gasteiger partial charge in [0.1, 0.15) is 0 Å². The number of carbonyl (C=O) groups excluding carboxylic acids is 1. The van der Waals surface area contributed by atoms with Crippen molar-refractivity contribution in [2.75, 3.05) is 31.5 Å². The molecule has 0 atom stereocenters. The van der Waals surface area contributed by atoms with Crippen LogP contribution in [0.5, 0.6) is 11.5 Å². The average Bonchev–Trinajstić information content (AvgIpc) is 3.01. The number of ether oxygens (including phenoxy) is 2. The molecule has 7 nitrogen and oxygen atoms in total. The minimum atomic E-state index is -3.59. The minimum absolute atomic E-state index is 0.0699. The van der Waals surface area contributed by atoms with E-state index >= 15 is 0 Å². The molecular formula is C21H22F2N4O3. The van der Waals surface area contributed by atoms with E-state index in [1.807, 2.05) is 11.0 Å². The Morgan fingerprint density at radius 3 is 2.63 bits per heavy atom. The molecule has 2 saturated heterocycles. The molecule has 0 radical (unpaired) electrons. The molecule has 3 aliphatic heterocycles. The van der Waals surface area contributed by atoms with Crippen molar-refractivity contribution in [2.45, 2.75) is 25.7 Å². The van der Waals surface area contributed by atoms with Crippen LogP contribution in [0.15, 0.2) is 42.7 Å². The predicted octanol–water partition coefficient (Wildman–Crippen LogP) is 3.53. The van der Waals surface area contributed by atoms with Gasteiger partial charge >= 0.3 is 12.3 Å². The molecule has 1 N–H and O–H groups in total. The zero-order chi connectivity index (χ0) is 20.8. The van der Waals surface area contributed by atoms with E-state index in [4.69, 9.17) is 0 Å². The molecule has 1 aromatic carbocycles. The van der Waals surface area contributed by atoms with E-state index in [-0.39, 0.29) is 22.9 Å². The fraction of sp³-hybridized carbons (Fsp3) is 0.429. The monoisotopic (exact) mass is 416 g/mol. The summed E-state index contributed by atoms with van der Waals surface area (Å²) in [6, 6.07) is 8.45. The third kappa shape index (κ3) is 3.77. The van der Waals surface area contributed by atoms with Crippen molar-refractivity contribution >= 4 is 11.7 Å². The Kier molecular flexibility index (Phi) is 4.50. The van der Waals surface area contributed by atoms with Crippen molar-refractivity contribution in [2.24, 2.45) is 5.41 Å². The van der Waals surface area contributed by atoms with Crippen molar-refractivity contribution in [3.8, 4) is 11.5 Å². The van der Waals surface area contributed by atoms with Crippen molar-refractivity contribution in [3.05, 3.63) is 48.3 Å². The first-order chi connectivity index (χ1) is 14.4. The second kappa shape index (κ2) is 7.09. The predicted molar refractivity (Wildman–Crippen MR) is 104 cm³/mol. The molecule has 1 aromatic heterocycles. The number of hydrogen-bond acceptors (Lipinski definition) is 5. The highest BCUT2D eigenvalue weighted by atomic mass is 19.3. The Balaban J connectivity index is 1.11. The minimum Gasteiger partial charge on any atom is -0.395 e. The molecule has 9 heteroatoms. The van der Waals surface area contributed by atoms with E-state index in [0.29, 0.717) is 12.2 Å². The summed E-state index contributed by atoms with van der Waals surface area (Å²) in [6.45, 7) is 3.99. The highest BCUT2D eigenvalue weighted by Gasteiger charge is 2.47. The summed E-state index contributed by atoms with van der Waals surface area (Å²) in [7, 11) is 0. The summed E-state index contributed by atoms with van der Waals surface area (Å²) in [5.41, 5.74) is 1.79. The van der Waals surface area contributed by atoms with Crippen molar-refractivity contribution < 1.29 is 23.0 Å². The van der Waals surface area contributed by atoms with Gasteiger partial charge in [0.2, 0.25) is 0 Å². The van der Waals surface area contributed by atoms with E-state index in [9.17, 15) is 13.6 Å². The van der Waals surface area contributed by atoms with Crippen LogP contribution in [-0.2, 0) is 6.54 Å². The lowest BCUT2D eigenvalue weighted by atomic mass is 9.72. The summed E-state index contributed by atoms with van der Waals surface area (Å²) in [5.74, 6) is 0.153. The first-order valence-electron chi connectivity index (χ1n) is 9.97. The van der Waals surface area contributed by atoms with E-state index < -0.39 is 6.29 Å². The van der Waals surface area contributed by atoms with Crippen LogP contribution in [0.25, 0.3) is 0 Å². The number of anilines is 1. The van der Waals surface area contributed by atoms with Gasteiger partial charge in [-0.15, -0.1) is 8.78 Å². The lowest BCUT2D eigenvalue weighted by Crippen LogP contribution is -2.62. The van der Waals surface area contributed by atoms with Crippen LogP contribution in [0.2, 0.25) is 0 Å². The average molecular weight is 416 g/mol. The third-order valence-corrected chi connectivity index (χ3v) is 6.04. The number of amides is 2.